The monoisotopic (exact) mass is 326 g/mol. The molecule has 1 heterocycles. The Morgan fingerprint density at radius 1 is 1.13 bits per heavy atom. The molecule has 0 aliphatic carbocycles. The van der Waals surface area contributed by atoms with Gasteiger partial charge in [-0.05, 0) is 36.4 Å². The fourth-order valence-electron chi connectivity index (χ4n) is 2.26. The van der Waals surface area contributed by atoms with Crippen LogP contribution in [0.2, 0.25) is 5.02 Å². The van der Waals surface area contributed by atoms with Gasteiger partial charge in [0.1, 0.15) is 11.3 Å². The Bertz CT molecular complexity index is 837. The maximum Gasteiger partial charge on any atom is 0.264 e. The van der Waals surface area contributed by atoms with Crippen LogP contribution in [-0.2, 0) is 4.79 Å². The van der Waals surface area contributed by atoms with Crippen LogP contribution in [0.5, 0.6) is 5.75 Å². The van der Waals surface area contributed by atoms with E-state index in [1.807, 2.05) is 42.5 Å². The number of amides is 1. The zero-order valence-electron chi connectivity index (χ0n) is 12.6. The van der Waals surface area contributed by atoms with Crippen molar-refractivity contribution in [2.45, 2.75) is 0 Å². The van der Waals surface area contributed by atoms with Crippen LogP contribution in [-0.4, -0.2) is 24.5 Å². The van der Waals surface area contributed by atoms with Crippen molar-refractivity contribution in [1.29, 1.82) is 0 Å². The molecule has 0 saturated carbocycles. The summed E-state index contributed by atoms with van der Waals surface area (Å²) in [5.41, 5.74) is 1.47. The SMILES string of the molecule is CN(C(=O)COc1ccc(Cl)c2cccnc12)c1ccccc1. The molecule has 0 atom stereocenters. The number of ether oxygens (including phenoxy) is 1. The Morgan fingerprint density at radius 2 is 1.91 bits per heavy atom. The fraction of sp³-hybridized carbons (Fsp3) is 0.111. The number of carbonyl (C=O) groups excluding carboxylic acids is 1. The molecule has 1 aromatic heterocycles. The van der Waals surface area contributed by atoms with Gasteiger partial charge in [0.15, 0.2) is 6.61 Å². The van der Waals surface area contributed by atoms with Crippen molar-refractivity contribution in [2.24, 2.45) is 0 Å². The van der Waals surface area contributed by atoms with E-state index in [0.717, 1.165) is 11.1 Å². The number of halogens is 1. The first-order chi connectivity index (χ1) is 11.2. The number of benzene rings is 2. The summed E-state index contributed by atoms with van der Waals surface area (Å²) in [4.78, 5) is 18.1. The number of fused-ring (bicyclic) bond motifs is 1. The van der Waals surface area contributed by atoms with E-state index in [9.17, 15) is 4.79 Å². The second-order valence-electron chi connectivity index (χ2n) is 5.02. The standard InChI is InChI=1S/C18H15ClN2O2/c1-21(13-6-3-2-4-7-13)17(22)12-23-16-10-9-15(19)14-8-5-11-20-18(14)16/h2-11H,12H2,1H3. The molecular weight excluding hydrogens is 312 g/mol. The van der Waals surface area contributed by atoms with E-state index in [2.05, 4.69) is 4.98 Å². The first-order valence-electron chi connectivity index (χ1n) is 7.14. The van der Waals surface area contributed by atoms with Crippen molar-refractivity contribution in [3.05, 3.63) is 65.8 Å². The molecule has 0 bridgehead atoms. The van der Waals surface area contributed by atoms with Crippen molar-refractivity contribution in [2.75, 3.05) is 18.6 Å². The van der Waals surface area contributed by atoms with E-state index in [4.69, 9.17) is 16.3 Å². The maximum absolute atomic E-state index is 12.3. The average Bonchev–Trinajstić information content (AvgIpc) is 2.61. The van der Waals surface area contributed by atoms with Crippen molar-refractivity contribution in [3.63, 3.8) is 0 Å². The molecule has 3 rings (SSSR count). The minimum absolute atomic E-state index is 0.0707. The third-order valence-corrected chi connectivity index (χ3v) is 3.88. The van der Waals surface area contributed by atoms with E-state index in [-0.39, 0.29) is 12.5 Å². The molecule has 3 aromatic rings. The quantitative estimate of drug-likeness (QED) is 0.729. The van der Waals surface area contributed by atoms with Gasteiger partial charge in [-0.3, -0.25) is 9.78 Å². The number of para-hydroxylation sites is 1. The van der Waals surface area contributed by atoms with E-state index in [1.165, 1.54) is 0 Å². The fourth-order valence-corrected chi connectivity index (χ4v) is 2.48. The van der Waals surface area contributed by atoms with Crippen LogP contribution in [0, 0.1) is 0 Å². The molecule has 2 aromatic carbocycles. The Balaban J connectivity index is 1.76. The Kier molecular flexibility index (Phi) is 4.44. The van der Waals surface area contributed by atoms with Gasteiger partial charge in [-0.2, -0.15) is 0 Å². The Morgan fingerprint density at radius 3 is 2.70 bits per heavy atom. The minimum Gasteiger partial charge on any atom is -0.481 e. The Hall–Kier alpha value is -2.59. The summed E-state index contributed by atoms with van der Waals surface area (Å²) in [6, 6.07) is 16.6. The van der Waals surface area contributed by atoms with E-state index in [1.54, 1.807) is 30.3 Å². The predicted molar refractivity (Wildman–Crippen MR) is 92.1 cm³/mol. The van der Waals surface area contributed by atoms with Crippen LogP contribution in [0.1, 0.15) is 0 Å². The summed E-state index contributed by atoms with van der Waals surface area (Å²) in [5, 5.41) is 1.41. The van der Waals surface area contributed by atoms with Crippen LogP contribution < -0.4 is 9.64 Å². The summed E-state index contributed by atoms with van der Waals surface area (Å²) in [5.74, 6) is 0.398. The van der Waals surface area contributed by atoms with Gasteiger partial charge in [0.25, 0.3) is 5.91 Å². The van der Waals surface area contributed by atoms with Crippen LogP contribution in [0.4, 0.5) is 5.69 Å². The number of hydrogen-bond acceptors (Lipinski definition) is 3. The van der Waals surface area contributed by atoms with E-state index >= 15 is 0 Å². The summed E-state index contributed by atoms with van der Waals surface area (Å²) in [6.07, 6.45) is 1.67. The summed E-state index contributed by atoms with van der Waals surface area (Å²) < 4.78 is 5.67. The van der Waals surface area contributed by atoms with E-state index < -0.39 is 0 Å². The molecular formula is C18H15ClN2O2. The number of rotatable bonds is 4. The average molecular weight is 327 g/mol. The first-order valence-corrected chi connectivity index (χ1v) is 7.52. The van der Waals surface area contributed by atoms with Crippen molar-refractivity contribution < 1.29 is 9.53 Å². The molecule has 5 heteroatoms. The van der Waals surface area contributed by atoms with Crippen LogP contribution in [0.3, 0.4) is 0 Å². The molecule has 0 aliphatic heterocycles. The molecule has 23 heavy (non-hydrogen) atoms. The van der Waals surface area contributed by atoms with Gasteiger partial charge in [-0.1, -0.05) is 29.8 Å². The van der Waals surface area contributed by atoms with Gasteiger partial charge >= 0.3 is 0 Å². The molecule has 0 aliphatic rings. The van der Waals surface area contributed by atoms with Gasteiger partial charge in [-0.15, -0.1) is 0 Å². The third kappa shape index (κ3) is 3.27. The summed E-state index contributed by atoms with van der Waals surface area (Å²) in [6.45, 7) is -0.0707. The molecule has 0 radical (unpaired) electrons. The lowest BCUT2D eigenvalue weighted by molar-refractivity contribution is -0.120. The number of hydrogen-bond donors (Lipinski definition) is 0. The maximum atomic E-state index is 12.3. The second kappa shape index (κ2) is 6.67. The van der Waals surface area contributed by atoms with Gasteiger partial charge in [0.05, 0.1) is 5.02 Å². The highest BCUT2D eigenvalue weighted by Crippen LogP contribution is 2.29. The molecule has 0 saturated heterocycles. The van der Waals surface area contributed by atoms with Gasteiger partial charge in [0, 0.05) is 24.3 Å². The minimum atomic E-state index is -0.143. The van der Waals surface area contributed by atoms with Crippen molar-refractivity contribution in [3.8, 4) is 5.75 Å². The number of anilines is 1. The number of aromatic nitrogens is 1. The normalized spacial score (nSPS) is 10.5. The third-order valence-electron chi connectivity index (χ3n) is 3.55. The predicted octanol–water partition coefficient (Wildman–Crippen LogP) is 3.93. The van der Waals surface area contributed by atoms with Gasteiger partial charge < -0.3 is 9.64 Å². The molecule has 0 N–H and O–H groups in total. The number of likely N-dealkylation sites (N-methyl/N-ethyl adjacent to an activating group) is 1. The summed E-state index contributed by atoms with van der Waals surface area (Å²) in [7, 11) is 1.72. The molecule has 116 valence electrons. The van der Waals surface area contributed by atoms with Crippen LogP contribution in [0.15, 0.2) is 60.8 Å². The molecule has 0 unspecified atom stereocenters. The van der Waals surface area contributed by atoms with Crippen LogP contribution in [0.25, 0.3) is 10.9 Å². The largest absolute Gasteiger partial charge is 0.481 e. The second-order valence-corrected chi connectivity index (χ2v) is 5.43. The number of carbonyl (C=O) groups is 1. The highest BCUT2D eigenvalue weighted by atomic mass is 35.5. The van der Waals surface area contributed by atoms with E-state index in [0.29, 0.717) is 16.3 Å². The topological polar surface area (TPSA) is 42.4 Å². The molecule has 4 nitrogen and oxygen atoms in total. The highest BCUT2D eigenvalue weighted by molar-refractivity contribution is 6.35. The smallest absolute Gasteiger partial charge is 0.264 e. The Labute approximate surface area is 139 Å². The zero-order chi connectivity index (χ0) is 16.2. The van der Waals surface area contributed by atoms with Crippen LogP contribution >= 0.6 is 11.6 Å². The number of nitrogens with zero attached hydrogens (tertiary/aromatic N) is 2. The van der Waals surface area contributed by atoms with Crippen molar-refractivity contribution >= 4 is 34.1 Å². The lowest BCUT2D eigenvalue weighted by atomic mass is 10.2. The molecule has 0 fully saturated rings. The zero-order valence-corrected chi connectivity index (χ0v) is 13.3. The lowest BCUT2D eigenvalue weighted by Crippen LogP contribution is -2.31. The first kappa shape index (κ1) is 15.3. The highest BCUT2D eigenvalue weighted by Gasteiger charge is 2.13. The van der Waals surface area contributed by atoms with Gasteiger partial charge in [-0.25, -0.2) is 0 Å². The van der Waals surface area contributed by atoms with Gasteiger partial charge in [0.2, 0.25) is 0 Å². The van der Waals surface area contributed by atoms with Crippen molar-refractivity contribution in [1.82, 2.24) is 4.98 Å². The molecule has 1 amide bonds. The molecule has 0 spiro atoms. The summed E-state index contributed by atoms with van der Waals surface area (Å²) >= 11 is 6.15. The number of pyridine rings is 1. The lowest BCUT2D eigenvalue weighted by Gasteiger charge is -2.17.